The van der Waals surface area contributed by atoms with Gasteiger partial charge in [-0.3, -0.25) is 4.79 Å². The van der Waals surface area contributed by atoms with Crippen LogP contribution in [-0.2, 0) is 6.61 Å². The van der Waals surface area contributed by atoms with Crippen molar-refractivity contribution in [1.29, 1.82) is 0 Å². The van der Waals surface area contributed by atoms with Crippen LogP contribution in [-0.4, -0.2) is 17.1 Å². The predicted octanol–water partition coefficient (Wildman–Crippen LogP) is 9.36. The first-order valence-corrected chi connectivity index (χ1v) is 15.0. The van der Waals surface area contributed by atoms with Gasteiger partial charge in [0.15, 0.2) is 5.13 Å². The molecule has 0 aliphatic heterocycles. The Morgan fingerprint density at radius 1 is 0.884 bits per heavy atom. The van der Waals surface area contributed by atoms with Crippen molar-refractivity contribution in [3.05, 3.63) is 141 Å². The zero-order chi connectivity index (χ0) is 29.6. The van der Waals surface area contributed by atoms with Gasteiger partial charge >= 0.3 is 0 Å². The number of anilines is 2. The molecule has 0 radical (unpaired) electrons. The summed E-state index contributed by atoms with van der Waals surface area (Å²) in [5.41, 5.74) is 7.36. The highest BCUT2D eigenvalue weighted by Crippen LogP contribution is 2.29. The Kier molecular flexibility index (Phi) is 8.65. The van der Waals surface area contributed by atoms with E-state index in [0.717, 1.165) is 44.0 Å². The maximum Gasteiger partial charge on any atom is 0.271 e. The van der Waals surface area contributed by atoms with Crippen LogP contribution in [0.2, 0.25) is 10.0 Å². The van der Waals surface area contributed by atoms with E-state index in [2.05, 4.69) is 20.8 Å². The van der Waals surface area contributed by atoms with Gasteiger partial charge in [0.2, 0.25) is 0 Å². The topological polar surface area (TPSA) is 75.6 Å². The average Bonchev–Trinajstić information content (AvgIpc) is 3.50. The summed E-state index contributed by atoms with van der Waals surface area (Å²) in [6.45, 7) is 0.301. The zero-order valence-corrected chi connectivity index (χ0v) is 25.0. The molecule has 1 heterocycles. The number of fused-ring (bicyclic) bond motifs is 1. The molecule has 0 bridgehead atoms. The van der Waals surface area contributed by atoms with Gasteiger partial charge in [-0.2, -0.15) is 5.10 Å². The number of hydrogen-bond acceptors (Lipinski definition) is 6. The molecule has 0 saturated heterocycles. The van der Waals surface area contributed by atoms with Crippen molar-refractivity contribution in [2.45, 2.75) is 6.61 Å². The number of hydrogen-bond donors (Lipinski definition) is 2. The number of benzene rings is 5. The number of thiazole rings is 1. The molecule has 0 saturated carbocycles. The molecule has 1 amide bonds. The quantitative estimate of drug-likeness (QED) is 0.124. The molecule has 0 unspecified atom stereocenters. The number of nitrogens with one attached hydrogen (secondary N) is 2. The summed E-state index contributed by atoms with van der Waals surface area (Å²) < 4.78 is 6.15. The Labute approximate surface area is 262 Å². The fourth-order valence-electron chi connectivity index (χ4n) is 4.44. The molecule has 6 nitrogen and oxygen atoms in total. The Hall–Kier alpha value is -4.69. The number of aromatic nitrogens is 1. The van der Waals surface area contributed by atoms with Gasteiger partial charge in [-0.05, 0) is 59.3 Å². The first-order chi connectivity index (χ1) is 21.0. The van der Waals surface area contributed by atoms with Crippen molar-refractivity contribution in [1.82, 2.24) is 10.4 Å². The standard InChI is InChI=1S/C34H24Cl2N4O2S/c35-26-14-16-27(17-15-26)38-34-39-31(21-43-34)23-9-11-24(12-10-23)33(41)40-37-19-29-28-7-3-1-5-22(28)13-18-32(29)42-20-25-6-2-4-8-30(25)36/h1-19,21H,20H2,(H,38,39)(H,40,41)/b37-19-. The van der Waals surface area contributed by atoms with Gasteiger partial charge in [0.1, 0.15) is 12.4 Å². The second-order valence-corrected chi connectivity index (χ2v) is 11.2. The Morgan fingerprint density at radius 2 is 1.65 bits per heavy atom. The first kappa shape index (κ1) is 28.4. The molecule has 0 aliphatic carbocycles. The Morgan fingerprint density at radius 3 is 2.47 bits per heavy atom. The highest BCUT2D eigenvalue weighted by atomic mass is 35.5. The van der Waals surface area contributed by atoms with Crippen molar-refractivity contribution in [3.8, 4) is 17.0 Å². The molecule has 212 valence electrons. The molecule has 1 aromatic heterocycles. The minimum absolute atomic E-state index is 0.301. The van der Waals surface area contributed by atoms with Gasteiger partial charge in [0.05, 0.1) is 11.9 Å². The summed E-state index contributed by atoms with van der Waals surface area (Å²) in [6.07, 6.45) is 1.61. The minimum Gasteiger partial charge on any atom is -0.488 e. The normalized spacial score (nSPS) is 11.1. The fraction of sp³-hybridized carbons (Fsp3) is 0.0294. The van der Waals surface area contributed by atoms with Crippen LogP contribution in [0.25, 0.3) is 22.0 Å². The summed E-state index contributed by atoms with van der Waals surface area (Å²) in [6, 6.07) is 34.1. The summed E-state index contributed by atoms with van der Waals surface area (Å²) in [4.78, 5) is 17.6. The van der Waals surface area contributed by atoms with Gasteiger partial charge < -0.3 is 10.1 Å². The smallest absolute Gasteiger partial charge is 0.271 e. The molecule has 5 aromatic carbocycles. The van der Waals surface area contributed by atoms with E-state index in [1.54, 1.807) is 18.3 Å². The Bertz CT molecular complexity index is 1920. The summed E-state index contributed by atoms with van der Waals surface area (Å²) in [5.74, 6) is 0.305. The fourth-order valence-corrected chi connectivity index (χ4v) is 5.49. The van der Waals surface area contributed by atoms with E-state index in [4.69, 9.17) is 27.9 Å². The molecule has 0 atom stereocenters. The van der Waals surface area contributed by atoms with Crippen molar-refractivity contribution < 1.29 is 9.53 Å². The van der Waals surface area contributed by atoms with Crippen LogP contribution in [0.4, 0.5) is 10.8 Å². The van der Waals surface area contributed by atoms with E-state index in [1.807, 2.05) is 102 Å². The van der Waals surface area contributed by atoms with Crippen LogP contribution in [0, 0.1) is 0 Å². The third-order valence-corrected chi connectivity index (χ3v) is 8.05. The molecular weight excluding hydrogens is 599 g/mol. The number of hydrazone groups is 1. The average molecular weight is 624 g/mol. The van der Waals surface area contributed by atoms with Crippen LogP contribution < -0.4 is 15.5 Å². The van der Waals surface area contributed by atoms with Crippen LogP contribution in [0.3, 0.4) is 0 Å². The first-order valence-electron chi connectivity index (χ1n) is 13.3. The molecule has 0 aliphatic rings. The lowest BCUT2D eigenvalue weighted by atomic mass is 10.0. The lowest BCUT2D eigenvalue weighted by molar-refractivity contribution is 0.0955. The largest absolute Gasteiger partial charge is 0.488 e. The highest BCUT2D eigenvalue weighted by Gasteiger charge is 2.11. The number of halogens is 2. The van der Waals surface area contributed by atoms with Gasteiger partial charge in [-0.1, -0.05) is 83.9 Å². The molecule has 2 N–H and O–H groups in total. The highest BCUT2D eigenvalue weighted by molar-refractivity contribution is 7.14. The molecule has 9 heteroatoms. The number of carbonyl (C=O) groups is 1. The lowest BCUT2D eigenvalue weighted by Gasteiger charge is -2.12. The molecule has 6 rings (SSSR count). The number of ether oxygens (including phenoxy) is 1. The molecular formula is C34H24Cl2N4O2S. The van der Waals surface area contributed by atoms with Crippen LogP contribution in [0.5, 0.6) is 5.75 Å². The second kappa shape index (κ2) is 13.1. The van der Waals surface area contributed by atoms with E-state index in [-0.39, 0.29) is 5.91 Å². The van der Waals surface area contributed by atoms with Crippen LogP contribution >= 0.6 is 34.5 Å². The minimum atomic E-state index is -0.329. The third-order valence-electron chi connectivity index (χ3n) is 6.67. The van der Waals surface area contributed by atoms with E-state index in [9.17, 15) is 4.79 Å². The van der Waals surface area contributed by atoms with Crippen molar-refractivity contribution in [2.24, 2.45) is 5.10 Å². The van der Waals surface area contributed by atoms with Crippen molar-refractivity contribution in [3.63, 3.8) is 0 Å². The van der Waals surface area contributed by atoms with Gasteiger partial charge in [0, 0.05) is 43.4 Å². The summed E-state index contributed by atoms with van der Waals surface area (Å²) in [7, 11) is 0. The number of amides is 1. The third kappa shape index (κ3) is 6.87. The van der Waals surface area contributed by atoms with Gasteiger partial charge in [-0.25, -0.2) is 10.4 Å². The molecule has 6 aromatic rings. The molecule has 0 fully saturated rings. The summed E-state index contributed by atoms with van der Waals surface area (Å²) in [5, 5.41) is 13.6. The monoisotopic (exact) mass is 622 g/mol. The predicted molar refractivity (Wildman–Crippen MR) is 177 cm³/mol. The Balaban J connectivity index is 1.14. The zero-order valence-electron chi connectivity index (χ0n) is 22.6. The van der Waals surface area contributed by atoms with E-state index in [0.29, 0.717) is 28.0 Å². The van der Waals surface area contributed by atoms with Crippen LogP contribution in [0.1, 0.15) is 21.5 Å². The SMILES string of the molecule is O=C(N/N=C\c1c(OCc2ccccc2Cl)ccc2ccccc12)c1ccc(-c2csc(Nc3ccc(Cl)cc3)n2)cc1. The maximum absolute atomic E-state index is 12.9. The number of carbonyl (C=O) groups excluding carboxylic acids is 1. The van der Waals surface area contributed by atoms with E-state index in [1.165, 1.54) is 11.3 Å². The van der Waals surface area contributed by atoms with E-state index >= 15 is 0 Å². The maximum atomic E-state index is 12.9. The van der Waals surface area contributed by atoms with E-state index < -0.39 is 0 Å². The second-order valence-electron chi connectivity index (χ2n) is 9.52. The van der Waals surface area contributed by atoms with Crippen LogP contribution in [0.15, 0.2) is 120 Å². The lowest BCUT2D eigenvalue weighted by Crippen LogP contribution is -2.17. The number of nitrogens with zero attached hydrogens (tertiary/aromatic N) is 2. The van der Waals surface area contributed by atoms with Gasteiger partial charge in [-0.15, -0.1) is 11.3 Å². The molecule has 43 heavy (non-hydrogen) atoms. The number of rotatable bonds is 9. The molecule has 0 spiro atoms. The van der Waals surface area contributed by atoms with Crippen molar-refractivity contribution >= 4 is 68.3 Å². The summed E-state index contributed by atoms with van der Waals surface area (Å²) >= 11 is 13.8. The van der Waals surface area contributed by atoms with Crippen molar-refractivity contribution in [2.75, 3.05) is 5.32 Å². The van der Waals surface area contributed by atoms with Gasteiger partial charge in [0.25, 0.3) is 5.91 Å².